The monoisotopic (exact) mass is 296 g/mol. The number of fused-ring (bicyclic) bond motifs is 1. The summed E-state index contributed by atoms with van der Waals surface area (Å²) in [6.45, 7) is 0.797. The van der Waals surface area contributed by atoms with Gasteiger partial charge in [0, 0.05) is 19.2 Å². The number of aromatic nitrogens is 1. The number of nitrogens with two attached hydrogens (primary N) is 1. The van der Waals surface area contributed by atoms with Gasteiger partial charge >= 0.3 is 0 Å². The molecule has 0 fully saturated rings. The zero-order valence-electron chi connectivity index (χ0n) is 9.50. The summed E-state index contributed by atoms with van der Waals surface area (Å²) < 4.78 is 4.20. The fourth-order valence-corrected chi connectivity index (χ4v) is 3.02. The Bertz CT molecular complexity index is 641. The molecule has 1 heterocycles. The van der Waals surface area contributed by atoms with Crippen LogP contribution in [0.2, 0.25) is 0 Å². The Morgan fingerprint density at radius 1 is 1.50 bits per heavy atom. The summed E-state index contributed by atoms with van der Waals surface area (Å²) in [5.41, 5.74) is 8.95. The van der Waals surface area contributed by atoms with Crippen molar-refractivity contribution in [1.29, 1.82) is 0 Å². The Balaban J connectivity index is 2.08. The highest BCUT2D eigenvalue weighted by Gasteiger charge is 2.02. The summed E-state index contributed by atoms with van der Waals surface area (Å²) in [7, 11) is 0. The second-order valence-corrected chi connectivity index (χ2v) is 5.68. The first-order chi connectivity index (χ1) is 8.68. The number of hydrogen-bond acceptors (Lipinski definition) is 4. The SMILES string of the molecule is NC(=S)N/N=C/CCn1c(=S)sc2ccccc21. The number of benzene rings is 1. The third-order valence-corrected chi connectivity index (χ3v) is 3.84. The van der Waals surface area contributed by atoms with Crippen molar-refractivity contribution >= 4 is 57.3 Å². The molecule has 0 radical (unpaired) electrons. The summed E-state index contributed by atoms with van der Waals surface area (Å²) >= 11 is 11.6. The molecule has 18 heavy (non-hydrogen) atoms. The van der Waals surface area contributed by atoms with Crippen LogP contribution in [0.5, 0.6) is 0 Å². The molecule has 0 aliphatic rings. The average molecular weight is 296 g/mol. The lowest BCUT2D eigenvalue weighted by atomic mass is 10.3. The maximum absolute atomic E-state index is 5.35. The molecule has 2 aromatic rings. The van der Waals surface area contributed by atoms with Gasteiger partial charge in [-0.1, -0.05) is 12.1 Å². The largest absolute Gasteiger partial charge is 0.375 e. The highest BCUT2D eigenvalue weighted by atomic mass is 32.1. The van der Waals surface area contributed by atoms with Gasteiger partial charge in [-0.15, -0.1) is 11.3 Å². The first-order valence-corrected chi connectivity index (χ1v) is 6.97. The Morgan fingerprint density at radius 3 is 3.06 bits per heavy atom. The molecule has 0 amide bonds. The van der Waals surface area contributed by atoms with Gasteiger partial charge in [0.15, 0.2) is 9.07 Å². The standard InChI is InChI=1S/C11H12N4S3/c12-10(16)14-13-6-3-7-15-8-4-1-2-5-9(8)18-11(15)17/h1-2,4-6H,3,7H2,(H3,12,14,16)/b13-6+. The van der Waals surface area contributed by atoms with Gasteiger partial charge in [0.1, 0.15) is 0 Å². The van der Waals surface area contributed by atoms with Crippen molar-refractivity contribution in [1.82, 2.24) is 9.99 Å². The Labute approximate surface area is 119 Å². The lowest BCUT2D eigenvalue weighted by molar-refractivity contribution is 0.755. The third-order valence-electron chi connectivity index (χ3n) is 2.32. The van der Waals surface area contributed by atoms with E-state index in [4.69, 9.17) is 18.0 Å². The second kappa shape index (κ2) is 6.03. The summed E-state index contributed by atoms with van der Waals surface area (Å²) in [5.74, 6) is 0. The minimum atomic E-state index is 0.170. The highest BCUT2D eigenvalue weighted by molar-refractivity contribution is 7.80. The molecule has 2 rings (SSSR count). The molecular weight excluding hydrogens is 284 g/mol. The quantitative estimate of drug-likeness (QED) is 0.517. The first kappa shape index (κ1) is 13.1. The van der Waals surface area contributed by atoms with Gasteiger partial charge in [-0.2, -0.15) is 5.10 Å². The molecule has 0 aliphatic heterocycles. The van der Waals surface area contributed by atoms with Gasteiger partial charge in [0.25, 0.3) is 0 Å². The van der Waals surface area contributed by atoms with Crippen LogP contribution in [-0.4, -0.2) is 15.9 Å². The second-order valence-electron chi connectivity index (χ2n) is 3.56. The molecule has 0 saturated carbocycles. The lowest BCUT2D eigenvalue weighted by Gasteiger charge is -2.01. The smallest absolute Gasteiger partial charge is 0.184 e. The summed E-state index contributed by atoms with van der Waals surface area (Å²) in [6, 6.07) is 8.19. The molecule has 94 valence electrons. The molecule has 0 spiro atoms. The van der Waals surface area contributed by atoms with Crippen LogP contribution in [0.3, 0.4) is 0 Å². The van der Waals surface area contributed by atoms with Crippen LogP contribution in [0.4, 0.5) is 0 Å². The van der Waals surface area contributed by atoms with Crippen molar-refractivity contribution in [2.45, 2.75) is 13.0 Å². The number of para-hydroxylation sites is 1. The molecule has 0 atom stereocenters. The van der Waals surface area contributed by atoms with Crippen molar-refractivity contribution < 1.29 is 0 Å². The lowest BCUT2D eigenvalue weighted by Crippen LogP contribution is -2.24. The first-order valence-electron chi connectivity index (χ1n) is 5.34. The zero-order chi connectivity index (χ0) is 13.0. The number of hydrogen-bond donors (Lipinski definition) is 2. The predicted molar refractivity (Wildman–Crippen MR) is 83.7 cm³/mol. The molecule has 0 unspecified atom stereocenters. The Hall–Kier alpha value is -1.31. The maximum atomic E-state index is 5.35. The van der Waals surface area contributed by atoms with E-state index in [1.54, 1.807) is 17.6 Å². The Morgan fingerprint density at radius 2 is 2.28 bits per heavy atom. The van der Waals surface area contributed by atoms with E-state index < -0.39 is 0 Å². The Kier molecular flexibility index (Phi) is 4.40. The van der Waals surface area contributed by atoms with Crippen LogP contribution < -0.4 is 11.2 Å². The van der Waals surface area contributed by atoms with Crippen LogP contribution >= 0.6 is 35.8 Å². The number of rotatable bonds is 4. The van der Waals surface area contributed by atoms with Crippen molar-refractivity contribution in [2.24, 2.45) is 10.8 Å². The number of hydrazone groups is 1. The summed E-state index contributed by atoms with van der Waals surface area (Å²) in [5, 5.41) is 4.07. The van der Waals surface area contributed by atoms with Gasteiger partial charge in [-0.25, -0.2) is 0 Å². The van der Waals surface area contributed by atoms with E-state index in [1.807, 2.05) is 12.1 Å². The minimum Gasteiger partial charge on any atom is -0.375 e. The number of thiocarbonyl (C=S) groups is 1. The molecular formula is C11H12N4S3. The number of nitrogens with one attached hydrogen (secondary N) is 1. The van der Waals surface area contributed by atoms with Crippen LogP contribution in [0.25, 0.3) is 10.2 Å². The molecule has 3 N–H and O–H groups in total. The van der Waals surface area contributed by atoms with Crippen LogP contribution in [0.15, 0.2) is 29.4 Å². The molecule has 0 saturated heterocycles. The van der Waals surface area contributed by atoms with E-state index >= 15 is 0 Å². The van der Waals surface area contributed by atoms with Crippen LogP contribution in [0.1, 0.15) is 6.42 Å². The third kappa shape index (κ3) is 3.12. The summed E-state index contributed by atoms with van der Waals surface area (Å²) in [4.78, 5) is 0. The van der Waals surface area contributed by atoms with Crippen molar-refractivity contribution in [3.63, 3.8) is 0 Å². The van der Waals surface area contributed by atoms with Gasteiger partial charge in [-0.05, 0) is 36.6 Å². The van der Waals surface area contributed by atoms with Gasteiger partial charge in [-0.3, -0.25) is 5.43 Å². The van der Waals surface area contributed by atoms with Gasteiger partial charge in [0.05, 0.1) is 10.2 Å². The molecule has 1 aromatic heterocycles. The number of thiazole rings is 1. The molecule has 4 nitrogen and oxygen atoms in total. The molecule has 7 heteroatoms. The fraction of sp³-hybridized carbons (Fsp3) is 0.182. The van der Waals surface area contributed by atoms with E-state index in [-0.39, 0.29) is 5.11 Å². The topological polar surface area (TPSA) is 55.3 Å². The van der Waals surface area contributed by atoms with Crippen molar-refractivity contribution in [3.8, 4) is 0 Å². The predicted octanol–water partition coefficient (Wildman–Crippen LogP) is 2.64. The summed E-state index contributed by atoms with van der Waals surface area (Å²) in [6.07, 6.45) is 2.51. The van der Waals surface area contributed by atoms with Crippen molar-refractivity contribution in [2.75, 3.05) is 0 Å². The number of aryl methyl sites for hydroxylation is 1. The molecule has 1 aromatic carbocycles. The van der Waals surface area contributed by atoms with E-state index in [1.165, 1.54) is 10.2 Å². The maximum Gasteiger partial charge on any atom is 0.184 e. The zero-order valence-corrected chi connectivity index (χ0v) is 11.9. The fourth-order valence-electron chi connectivity index (χ4n) is 1.59. The highest BCUT2D eigenvalue weighted by Crippen LogP contribution is 2.22. The van der Waals surface area contributed by atoms with E-state index in [9.17, 15) is 0 Å². The van der Waals surface area contributed by atoms with E-state index in [0.717, 1.165) is 16.9 Å². The normalized spacial score (nSPS) is 11.1. The van der Waals surface area contributed by atoms with Crippen molar-refractivity contribution in [3.05, 3.63) is 28.2 Å². The minimum absolute atomic E-state index is 0.170. The van der Waals surface area contributed by atoms with E-state index in [0.29, 0.717) is 0 Å². The van der Waals surface area contributed by atoms with E-state index in [2.05, 4.69) is 39.4 Å². The number of nitrogens with zero attached hydrogens (tertiary/aromatic N) is 2. The molecule has 0 aliphatic carbocycles. The van der Waals surface area contributed by atoms with Gasteiger partial charge < -0.3 is 10.3 Å². The van der Waals surface area contributed by atoms with Gasteiger partial charge in [0.2, 0.25) is 0 Å². The van der Waals surface area contributed by atoms with Crippen LogP contribution in [-0.2, 0) is 6.54 Å². The van der Waals surface area contributed by atoms with Crippen LogP contribution in [0, 0.1) is 3.95 Å². The molecule has 0 bridgehead atoms. The average Bonchev–Trinajstić information content (AvgIpc) is 2.65.